The van der Waals surface area contributed by atoms with Crippen LogP contribution in [0, 0.1) is 0 Å². The van der Waals surface area contributed by atoms with Crippen molar-refractivity contribution in [3.05, 3.63) is 12.1 Å². The van der Waals surface area contributed by atoms with E-state index in [4.69, 9.17) is 10.4 Å². The maximum Gasteiger partial charge on any atom is 0.160 e. The molecule has 2 saturated heterocycles. The molecule has 2 aromatic rings. The Balaban J connectivity index is 1.66. The van der Waals surface area contributed by atoms with Crippen molar-refractivity contribution in [2.24, 2.45) is 0 Å². The highest BCUT2D eigenvalue weighted by Crippen LogP contribution is 2.31. The Morgan fingerprint density at radius 2 is 2.00 bits per heavy atom. The molecule has 3 heterocycles. The van der Waals surface area contributed by atoms with E-state index in [0.29, 0.717) is 17.2 Å². The summed E-state index contributed by atoms with van der Waals surface area (Å²) in [5, 5.41) is 7.94. The molecule has 0 amide bonds. The Labute approximate surface area is 117 Å². The number of rotatable bonds is 1. The van der Waals surface area contributed by atoms with Gasteiger partial charge in [0.25, 0.3) is 0 Å². The van der Waals surface area contributed by atoms with Gasteiger partial charge in [-0.05, 0) is 41.8 Å². The first kappa shape index (κ1) is 12.0. The molecule has 2 N–H and O–H groups in total. The Hall–Kier alpha value is -1.82. The zero-order valence-electron chi connectivity index (χ0n) is 11.5. The van der Waals surface area contributed by atoms with Crippen LogP contribution in [0.5, 0.6) is 0 Å². The van der Waals surface area contributed by atoms with Gasteiger partial charge in [0.15, 0.2) is 11.0 Å². The molecule has 20 heavy (non-hydrogen) atoms. The lowest BCUT2D eigenvalue weighted by atomic mass is 9.99. The molecule has 4 rings (SSSR count). The van der Waals surface area contributed by atoms with Crippen LogP contribution in [0.3, 0.4) is 0 Å². The molecule has 0 radical (unpaired) electrons. The molecule has 2 aliphatic rings. The quantitative estimate of drug-likeness (QED) is 0.794. The Kier molecular flexibility index (Phi) is 2.77. The number of nitrogen functional groups attached to an aromatic ring is 1. The summed E-state index contributed by atoms with van der Waals surface area (Å²) in [7, 11) is 0. The molecular weight excluding hydrogens is 254 g/mol. The SMILES string of the molecule is Nc1ccc(N2CCN3CCCCC3C2)c2nonc12. The number of hydrogen-bond acceptors (Lipinski definition) is 6. The van der Waals surface area contributed by atoms with Crippen molar-refractivity contribution in [2.45, 2.75) is 25.3 Å². The van der Waals surface area contributed by atoms with Gasteiger partial charge in [-0.25, -0.2) is 4.63 Å². The number of piperazine rings is 1. The molecule has 1 unspecified atom stereocenters. The van der Waals surface area contributed by atoms with Crippen LogP contribution in [0.25, 0.3) is 11.0 Å². The Morgan fingerprint density at radius 3 is 2.95 bits per heavy atom. The molecule has 0 aliphatic carbocycles. The summed E-state index contributed by atoms with van der Waals surface area (Å²) in [6.07, 6.45) is 3.99. The normalized spacial score (nSPS) is 24.0. The second kappa shape index (κ2) is 4.63. The van der Waals surface area contributed by atoms with E-state index in [9.17, 15) is 0 Å². The first-order valence-electron chi connectivity index (χ1n) is 7.32. The summed E-state index contributed by atoms with van der Waals surface area (Å²) in [5.74, 6) is 0. The first-order valence-corrected chi connectivity index (χ1v) is 7.32. The highest BCUT2D eigenvalue weighted by molar-refractivity contribution is 5.95. The number of nitrogens with zero attached hydrogens (tertiary/aromatic N) is 4. The molecule has 2 aliphatic heterocycles. The van der Waals surface area contributed by atoms with Gasteiger partial charge in [-0.1, -0.05) is 6.42 Å². The van der Waals surface area contributed by atoms with Crippen LogP contribution in [-0.4, -0.2) is 47.4 Å². The number of piperidine rings is 1. The van der Waals surface area contributed by atoms with Gasteiger partial charge < -0.3 is 10.6 Å². The van der Waals surface area contributed by atoms with Crippen molar-refractivity contribution in [3.8, 4) is 0 Å². The Bertz CT molecular complexity index is 625. The van der Waals surface area contributed by atoms with E-state index in [1.807, 2.05) is 12.1 Å². The third-order valence-electron chi connectivity index (χ3n) is 4.60. The number of anilines is 2. The van der Waals surface area contributed by atoms with E-state index < -0.39 is 0 Å². The summed E-state index contributed by atoms with van der Waals surface area (Å²) < 4.78 is 4.87. The van der Waals surface area contributed by atoms with Crippen LogP contribution in [0.15, 0.2) is 16.8 Å². The highest BCUT2D eigenvalue weighted by atomic mass is 16.6. The van der Waals surface area contributed by atoms with Crippen molar-refractivity contribution in [1.82, 2.24) is 15.2 Å². The predicted molar refractivity (Wildman–Crippen MR) is 77.6 cm³/mol. The van der Waals surface area contributed by atoms with Gasteiger partial charge >= 0.3 is 0 Å². The molecule has 1 atom stereocenters. The number of benzene rings is 1. The van der Waals surface area contributed by atoms with Gasteiger partial charge in [-0.15, -0.1) is 0 Å². The fourth-order valence-corrected chi connectivity index (χ4v) is 3.50. The largest absolute Gasteiger partial charge is 0.397 e. The van der Waals surface area contributed by atoms with Gasteiger partial charge in [0.05, 0.1) is 11.4 Å². The zero-order chi connectivity index (χ0) is 13.5. The van der Waals surface area contributed by atoms with E-state index >= 15 is 0 Å². The molecule has 1 aromatic heterocycles. The monoisotopic (exact) mass is 273 g/mol. The standard InChI is InChI=1S/C14H19N5O/c15-11-4-5-12(14-13(11)16-20-17-14)19-8-7-18-6-2-1-3-10(18)9-19/h4-5,10H,1-3,6-9,15H2. The summed E-state index contributed by atoms with van der Waals surface area (Å²) in [4.78, 5) is 5.02. The number of hydrogen-bond donors (Lipinski definition) is 1. The molecule has 6 nitrogen and oxygen atoms in total. The third kappa shape index (κ3) is 1.83. The second-order valence-electron chi connectivity index (χ2n) is 5.77. The van der Waals surface area contributed by atoms with E-state index in [0.717, 1.165) is 30.8 Å². The second-order valence-corrected chi connectivity index (χ2v) is 5.77. The van der Waals surface area contributed by atoms with E-state index in [1.54, 1.807) is 0 Å². The summed E-state index contributed by atoms with van der Waals surface area (Å²) in [5.41, 5.74) is 9.10. The fraction of sp³-hybridized carbons (Fsp3) is 0.571. The lowest BCUT2D eigenvalue weighted by molar-refractivity contribution is 0.133. The number of aromatic nitrogens is 2. The fourth-order valence-electron chi connectivity index (χ4n) is 3.50. The molecule has 2 fully saturated rings. The van der Waals surface area contributed by atoms with Crippen LogP contribution < -0.4 is 10.6 Å². The maximum atomic E-state index is 5.92. The number of fused-ring (bicyclic) bond motifs is 2. The lowest BCUT2D eigenvalue weighted by Gasteiger charge is -2.44. The molecule has 1 aromatic carbocycles. The zero-order valence-corrected chi connectivity index (χ0v) is 11.5. The van der Waals surface area contributed by atoms with Gasteiger partial charge in [0.1, 0.15) is 0 Å². The minimum absolute atomic E-state index is 0.626. The Morgan fingerprint density at radius 1 is 1.10 bits per heavy atom. The van der Waals surface area contributed by atoms with Gasteiger partial charge in [0, 0.05) is 25.7 Å². The maximum absolute atomic E-state index is 5.92. The number of nitrogens with two attached hydrogens (primary N) is 1. The van der Waals surface area contributed by atoms with Crippen LogP contribution in [-0.2, 0) is 0 Å². The average Bonchev–Trinajstić information content (AvgIpc) is 2.98. The van der Waals surface area contributed by atoms with Gasteiger partial charge in [-0.3, -0.25) is 4.90 Å². The smallest absolute Gasteiger partial charge is 0.160 e. The first-order chi connectivity index (χ1) is 9.83. The van der Waals surface area contributed by atoms with Crippen LogP contribution in [0.4, 0.5) is 11.4 Å². The molecule has 0 spiro atoms. The van der Waals surface area contributed by atoms with Gasteiger partial charge in [-0.2, -0.15) is 0 Å². The van der Waals surface area contributed by atoms with Crippen molar-refractivity contribution in [2.75, 3.05) is 36.8 Å². The molecule has 6 heteroatoms. The van der Waals surface area contributed by atoms with E-state index in [2.05, 4.69) is 20.1 Å². The minimum Gasteiger partial charge on any atom is -0.397 e. The summed E-state index contributed by atoms with van der Waals surface area (Å²) in [6.45, 7) is 4.47. The van der Waals surface area contributed by atoms with Crippen LogP contribution in [0.2, 0.25) is 0 Å². The van der Waals surface area contributed by atoms with Crippen molar-refractivity contribution >= 4 is 22.4 Å². The minimum atomic E-state index is 0.626. The van der Waals surface area contributed by atoms with Crippen molar-refractivity contribution < 1.29 is 4.63 Å². The van der Waals surface area contributed by atoms with Gasteiger partial charge in [0.2, 0.25) is 0 Å². The highest BCUT2D eigenvalue weighted by Gasteiger charge is 2.30. The third-order valence-corrected chi connectivity index (χ3v) is 4.60. The van der Waals surface area contributed by atoms with E-state index in [-0.39, 0.29) is 0 Å². The van der Waals surface area contributed by atoms with Crippen molar-refractivity contribution in [3.63, 3.8) is 0 Å². The predicted octanol–water partition coefficient (Wildman–Crippen LogP) is 1.48. The lowest BCUT2D eigenvalue weighted by Crippen LogP contribution is -2.54. The van der Waals surface area contributed by atoms with E-state index in [1.165, 1.54) is 25.8 Å². The molecular formula is C14H19N5O. The topological polar surface area (TPSA) is 71.4 Å². The molecule has 0 saturated carbocycles. The van der Waals surface area contributed by atoms with Crippen LogP contribution in [0.1, 0.15) is 19.3 Å². The average molecular weight is 273 g/mol. The summed E-state index contributed by atoms with van der Waals surface area (Å²) >= 11 is 0. The molecule has 0 bridgehead atoms. The van der Waals surface area contributed by atoms with Crippen molar-refractivity contribution in [1.29, 1.82) is 0 Å². The molecule has 106 valence electrons. The summed E-state index contributed by atoms with van der Waals surface area (Å²) in [6, 6.07) is 4.61. The van der Waals surface area contributed by atoms with Crippen LogP contribution >= 0.6 is 0 Å².